The van der Waals surface area contributed by atoms with E-state index < -0.39 is 0 Å². The molecule has 25 heavy (non-hydrogen) atoms. The molecule has 4 nitrogen and oxygen atoms in total. The van der Waals surface area contributed by atoms with Gasteiger partial charge in [-0.1, -0.05) is 30.2 Å². The van der Waals surface area contributed by atoms with Gasteiger partial charge in [-0.25, -0.2) is 0 Å². The lowest BCUT2D eigenvalue weighted by Gasteiger charge is -2.34. The highest BCUT2D eigenvalue weighted by molar-refractivity contribution is 6.32. The molecule has 2 saturated heterocycles. The summed E-state index contributed by atoms with van der Waals surface area (Å²) in [6, 6.07) is 7.28. The molecule has 0 atom stereocenters. The van der Waals surface area contributed by atoms with Crippen molar-refractivity contribution in [2.75, 3.05) is 39.3 Å². The second kappa shape index (κ2) is 9.44. The Kier molecular flexibility index (Phi) is 7.00. The molecule has 0 saturated carbocycles. The van der Waals surface area contributed by atoms with Crippen LogP contribution in [0.2, 0.25) is 5.02 Å². The van der Waals surface area contributed by atoms with Crippen molar-refractivity contribution in [1.29, 1.82) is 0 Å². The van der Waals surface area contributed by atoms with E-state index >= 15 is 0 Å². The number of piperidine rings is 2. The van der Waals surface area contributed by atoms with Crippen molar-refractivity contribution in [2.45, 2.75) is 38.5 Å². The quantitative estimate of drug-likeness (QED) is 0.769. The normalized spacial score (nSPS) is 19.8. The first-order valence-electron chi connectivity index (χ1n) is 9.60. The van der Waals surface area contributed by atoms with E-state index in [-0.39, 0.29) is 12.5 Å². The highest BCUT2D eigenvalue weighted by atomic mass is 35.5. The minimum absolute atomic E-state index is 0.0643. The van der Waals surface area contributed by atoms with Gasteiger partial charge in [0.25, 0.3) is 5.91 Å². The number of hydrogen-bond acceptors (Lipinski definition) is 3. The Labute approximate surface area is 156 Å². The van der Waals surface area contributed by atoms with Crippen molar-refractivity contribution in [3.63, 3.8) is 0 Å². The Bertz CT molecular complexity index is 552. The smallest absolute Gasteiger partial charge is 0.260 e. The molecule has 0 aromatic heterocycles. The Hall–Kier alpha value is -1.26. The summed E-state index contributed by atoms with van der Waals surface area (Å²) in [7, 11) is 0. The zero-order valence-electron chi connectivity index (χ0n) is 15.0. The molecular weight excluding hydrogens is 336 g/mol. The fourth-order valence-electron chi connectivity index (χ4n) is 3.81. The largest absolute Gasteiger partial charge is 0.482 e. The molecule has 0 unspecified atom stereocenters. The first-order valence-corrected chi connectivity index (χ1v) is 9.97. The zero-order valence-corrected chi connectivity index (χ0v) is 15.7. The van der Waals surface area contributed by atoms with Crippen LogP contribution < -0.4 is 4.74 Å². The van der Waals surface area contributed by atoms with Gasteiger partial charge in [0, 0.05) is 13.1 Å². The molecular formula is C20H29ClN2O2. The highest BCUT2D eigenvalue weighted by Crippen LogP contribution is 2.24. The van der Waals surface area contributed by atoms with Gasteiger partial charge in [-0.2, -0.15) is 0 Å². The van der Waals surface area contributed by atoms with E-state index in [4.69, 9.17) is 16.3 Å². The van der Waals surface area contributed by atoms with Crippen LogP contribution in [0.3, 0.4) is 0 Å². The molecule has 1 aromatic carbocycles. The summed E-state index contributed by atoms with van der Waals surface area (Å²) in [5.41, 5.74) is 0. The summed E-state index contributed by atoms with van der Waals surface area (Å²) in [6.45, 7) is 5.56. The molecule has 0 bridgehead atoms. The van der Waals surface area contributed by atoms with Crippen molar-refractivity contribution in [3.05, 3.63) is 29.3 Å². The first kappa shape index (κ1) is 18.5. The molecule has 2 aliphatic rings. The van der Waals surface area contributed by atoms with Crippen molar-refractivity contribution in [1.82, 2.24) is 9.80 Å². The van der Waals surface area contributed by atoms with E-state index in [0.29, 0.717) is 10.8 Å². The van der Waals surface area contributed by atoms with E-state index in [1.54, 1.807) is 12.1 Å². The molecule has 5 heteroatoms. The van der Waals surface area contributed by atoms with Crippen molar-refractivity contribution < 1.29 is 9.53 Å². The molecule has 0 spiro atoms. The molecule has 2 fully saturated rings. The SMILES string of the molecule is O=C(COc1ccccc1Cl)N1CCC(CCN2CCCCC2)CC1. The van der Waals surface area contributed by atoms with Crippen LogP contribution in [0.25, 0.3) is 0 Å². The van der Waals surface area contributed by atoms with E-state index in [0.717, 1.165) is 31.8 Å². The fourth-order valence-corrected chi connectivity index (χ4v) is 4.00. The monoisotopic (exact) mass is 364 g/mol. The third-order valence-electron chi connectivity index (χ3n) is 5.46. The summed E-state index contributed by atoms with van der Waals surface area (Å²) >= 11 is 6.06. The molecule has 1 amide bonds. The van der Waals surface area contributed by atoms with Crippen LogP contribution >= 0.6 is 11.6 Å². The van der Waals surface area contributed by atoms with Crippen LogP contribution in [0, 0.1) is 5.92 Å². The summed E-state index contributed by atoms with van der Waals surface area (Å²) < 4.78 is 5.58. The van der Waals surface area contributed by atoms with E-state index in [1.165, 1.54) is 45.3 Å². The maximum atomic E-state index is 12.3. The predicted molar refractivity (Wildman–Crippen MR) is 101 cm³/mol. The third-order valence-corrected chi connectivity index (χ3v) is 5.77. The lowest BCUT2D eigenvalue weighted by molar-refractivity contribution is -0.134. The molecule has 0 N–H and O–H groups in total. The van der Waals surface area contributed by atoms with Gasteiger partial charge in [0.15, 0.2) is 6.61 Å². The van der Waals surface area contributed by atoms with E-state index in [2.05, 4.69) is 4.90 Å². The number of halogens is 1. The molecule has 0 aliphatic carbocycles. The van der Waals surface area contributed by atoms with Gasteiger partial charge in [-0.3, -0.25) is 4.79 Å². The van der Waals surface area contributed by atoms with Gasteiger partial charge in [-0.15, -0.1) is 0 Å². The molecule has 138 valence electrons. The zero-order chi connectivity index (χ0) is 17.5. The second-order valence-corrected chi connectivity index (χ2v) is 7.64. The first-order chi connectivity index (χ1) is 12.2. The van der Waals surface area contributed by atoms with Crippen molar-refractivity contribution in [2.24, 2.45) is 5.92 Å². The number of nitrogens with zero attached hydrogens (tertiary/aromatic N) is 2. The van der Waals surface area contributed by atoms with Gasteiger partial charge >= 0.3 is 0 Å². The number of benzene rings is 1. The lowest BCUT2D eigenvalue weighted by atomic mass is 9.93. The number of para-hydroxylation sites is 1. The van der Waals surface area contributed by atoms with Crippen LogP contribution in [0.5, 0.6) is 5.75 Å². The van der Waals surface area contributed by atoms with Gasteiger partial charge in [0.05, 0.1) is 5.02 Å². The number of rotatable bonds is 6. The Morgan fingerprint density at radius 2 is 1.80 bits per heavy atom. The predicted octanol–water partition coefficient (Wildman–Crippen LogP) is 3.83. The second-order valence-electron chi connectivity index (χ2n) is 7.23. The standard InChI is InChI=1S/C20H29ClN2O2/c21-18-6-2-3-7-19(18)25-16-20(24)23-14-9-17(10-15-23)8-13-22-11-4-1-5-12-22/h2-3,6-7,17H,1,4-5,8-16H2. The summed E-state index contributed by atoms with van der Waals surface area (Å²) in [6.07, 6.45) is 7.62. The van der Waals surface area contributed by atoms with Crippen molar-refractivity contribution >= 4 is 17.5 Å². The minimum atomic E-state index is 0.0643. The maximum Gasteiger partial charge on any atom is 0.260 e. The number of hydrogen-bond donors (Lipinski definition) is 0. The number of amides is 1. The molecule has 3 rings (SSSR count). The fraction of sp³-hybridized carbons (Fsp3) is 0.650. The van der Waals surface area contributed by atoms with Crippen LogP contribution in [-0.2, 0) is 4.79 Å². The number of ether oxygens (including phenoxy) is 1. The van der Waals surface area contributed by atoms with Crippen LogP contribution in [0.4, 0.5) is 0 Å². The third kappa shape index (κ3) is 5.61. The summed E-state index contributed by atoms with van der Waals surface area (Å²) in [4.78, 5) is 16.9. The number of carbonyl (C=O) groups is 1. The molecule has 2 aliphatic heterocycles. The highest BCUT2D eigenvalue weighted by Gasteiger charge is 2.23. The summed E-state index contributed by atoms with van der Waals surface area (Å²) in [5, 5.41) is 0.548. The average molecular weight is 365 g/mol. The van der Waals surface area contributed by atoms with Gasteiger partial charge < -0.3 is 14.5 Å². The molecule has 0 radical (unpaired) electrons. The Morgan fingerprint density at radius 1 is 1.08 bits per heavy atom. The topological polar surface area (TPSA) is 32.8 Å². The average Bonchev–Trinajstić information content (AvgIpc) is 2.67. The van der Waals surface area contributed by atoms with Crippen LogP contribution in [-0.4, -0.2) is 55.0 Å². The minimum Gasteiger partial charge on any atom is -0.482 e. The van der Waals surface area contributed by atoms with E-state index in [1.807, 2.05) is 17.0 Å². The molecule has 2 heterocycles. The van der Waals surface area contributed by atoms with Gasteiger partial charge in [0.1, 0.15) is 5.75 Å². The van der Waals surface area contributed by atoms with Crippen LogP contribution in [0.15, 0.2) is 24.3 Å². The van der Waals surface area contributed by atoms with Gasteiger partial charge in [0.2, 0.25) is 0 Å². The van der Waals surface area contributed by atoms with Crippen molar-refractivity contribution in [3.8, 4) is 5.75 Å². The van der Waals surface area contributed by atoms with Gasteiger partial charge in [-0.05, 0) is 69.8 Å². The van der Waals surface area contributed by atoms with E-state index in [9.17, 15) is 4.79 Å². The molecule has 1 aromatic rings. The summed E-state index contributed by atoms with van der Waals surface area (Å²) in [5.74, 6) is 1.40. The van der Waals surface area contributed by atoms with Crippen LogP contribution in [0.1, 0.15) is 38.5 Å². The number of carbonyl (C=O) groups excluding carboxylic acids is 1. The lowest BCUT2D eigenvalue weighted by Crippen LogP contribution is -2.41. The Balaban J connectivity index is 1.35. The maximum absolute atomic E-state index is 12.3. The number of likely N-dealkylation sites (tertiary alicyclic amines) is 2. The Morgan fingerprint density at radius 3 is 2.52 bits per heavy atom.